The number of hydrogen-bond donors (Lipinski definition) is 1. The van der Waals surface area contributed by atoms with E-state index in [1.165, 1.54) is 16.8 Å². The number of rotatable bonds is 3. The van der Waals surface area contributed by atoms with Crippen molar-refractivity contribution in [2.24, 2.45) is 0 Å². The third-order valence-corrected chi connectivity index (χ3v) is 2.01. The van der Waals surface area contributed by atoms with Crippen LogP contribution in [0.3, 0.4) is 0 Å². The normalized spacial score (nSPS) is 12.9. The van der Waals surface area contributed by atoms with E-state index < -0.39 is 0 Å². The van der Waals surface area contributed by atoms with Crippen LogP contribution in [0, 0.1) is 6.54 Å². The number of fused-ring (bicyclic) bond motifs is 1. The third-order valence-electron chi connectivity index (χ3n) is 2.01. The maximum absolute atomic E-state index is 3.26. The summed E-state index contributed by atoms with van der Waals surface area (Å²) in [7, 11) is 0. The Hall–Kier alpha value is -1.24. The molecule has 0 unspecified atom stereocenters. The SMILES string of the molecule is CC[CH]NC1=Cc2ccccc21. The highest BCUT2D eigenvalue weighted by atomic mass is 14.9. The Balaban J connectivity index is 2.07. The lowest BCUT2D eigenvalue weighted by molar-refractivity contribution is 0.948. The molecule has 0 spiro atoms. The molecule has 1 nitrogen and oxygen atoms in total. The predicted molar refractivity (Wildman–Crippen MR) is 52.0 cm³/mol. The number of hydrogen-bond acceptors (Lipinski definition) is 1. The van der Waals surface area contributed by atoms with E-state index in [-0.39, 0.29) is 0 Å². The van der Waals surface area contributed by atoms with Crippen molar-refractivity contribution in [3.8, 4) is 0 Å². The van der Waals surface area contributed by atoms with Crippen molar-refractivity contribution in [3.63, 3.8) is 0 Å². The van der Waals surface area contributed by atoms with E-state index in [1.54, 1.807) is 0 Å². The van der Waals surface area contributed by atoms with Gasteiger partial charge < -0.3 is 5.32 Å². The van der Waals surface area contributed by atoms with Crippen LogP contribution in [0.2, 0.25) is 0 Å². The maximum atomic E-state index is 3.26. The fourth-order valence-electron chi connectivity index (χ4n) is 1.36. The van der Waals surface area contributed by atoms with Crippen molar-refractivity contribution >= 4 is 11.8 Å². The lowest BCUT2D eigenvalue weighted by atomic mass is 9.94. The zero-order valence-electron chi connectivity index (χ0n) is 7.17. The van der Waals surface area contributed by atoms with Gasteiger partial charge in [0.25, 0.3) is 0 Å². The molecule has 1 aromatic carbocycles. The number of nitrogens with one attached hydrogen (secondary N) is 1. The molecule has 0 atom stereocenters. The molecule has 0 saturated carbocycles. The minimum atomic E-state index is 1.06. The molecule has 0 aliphatic heterocycles. The van der Waals surface area contributed by atoms with Gasteiger partial charge in [-0.1, -0.05) is 31.2 Å². The van der Waals surface area contributed by atoms with Gasteiger partial charge in [0.2, 0.25) is 0 Å². The molecule has 12 heavy (non-hydrogen) atoms. The van der Waals surface area contributed by atoms with Gasteiger partial charge >= 0.3 is 0 Å². The van der Waals surface area contributed by atoms with Crippen LogP contribution in [0.1, 0.15) is 24.5 Å². The van der Waals surface area contributed by atoms with E-state index in [9.17, 15) is 0 Å². The van der Waals surface area contributed by atoms with Gasteiger partial charge in [-0.15, -0.1) is 0 Å². The second kappa shape index (κ2) is 3.02. The summed E-state index contributed by atoms with van der Waals surface area (Å²) in [6, 6.07) is 8.41. The van der Waals surface area contributed by atoms with Crippen molar-refractivity contribution in [3.05, 3.63) is 41.9 Å². The fraction of sp³-hybridized carbons (Fsp3) is 0.182. The summed E-state index contributed by atoms with van der Waals surface area (Å²) >= 11 is 0. The van der Waals surface area contributed by atoms with Gasteiger partial charge in [0, 0.05) is 17.8 Å². The standard InChI is InChI=1S/C11H12N/c1-2-7-12-11-8-9-5-3-4-6-10(9)11/h3-8,12H,2H2,1H3. The smallest absolute Gasteiger partial charge is 0.0460 e. The van der Waals surface area contributed by atoms with Crippen molar-refractivity contribution in [1.82, 2.24) is 5.32 Å². The van der Waals surface area contributed by atoms with Crippen LogP contribution in [0.4, 0.5) is 0 Å². The summed E-state index contributed by atoms with van der Waals surface area (Å²) in [6.07, 6.45) is 3.22. The maximum Gasteiger partial charge on any atom is 0.0460 e. The first-order valence-electron chi connectivity index (χ1n) is 4.31. The predicted octanol–water partition coefficient (Wildman–Crippen LogP) is 2.66. The van der Waals surface area contributed by atoms with E-state index in [0.29, 0.717) is 0 Å². The molecule has 0 amide bonds. The van der Waals surface area contributed by atoms with E-state index in [1.807, 2.05) is 0 Å². The first kappa shape index (κ1) is 7.41. The van der Waals surface area contributed by atoms with Crippen LogP contribution < -0.4 is 5.32 Å². The molecule has 0 heterocycles. The zero-order valence-corrected chi connectivity index (χ0v) is 7.17. The summed E-state index contributed by atoms with van der Waals surface area (Å²) in [4.78, 5) is 0. The lowest BCUT2D eigenvalue weighted by Crippen LogP contribution is -2.13. The lowest BCUT2D eigenvalue weighted by Gasteiger charge is -2.20. The quantitative estimate of drug-likeness (QED) is 0.713. The van der Waals surface area contributed by atoms with Gasteiger partial charge in [-0.25, -0.2) is 0 Å². The Bertz CT molecular complexity index is 313. The monoisotopic (exact) mass is 158 g/mol. The molecule has 0 aromatic heterocycles. The Kier molecular flexibility index (Phi) is 1.86. The molecule has 0 saturated heterocycles. The van der Waals surface area contributed by atoms with Crippen molar-refractivity contribution in [1.29, 1.82) is 0 Å². The molecule has 0 fully saturated rings. The van der Waals surface area contributed by atoms with Gasteiger partial charge in [-0.3, -0.25) is 0 Å². The van der Waals surface area contributed by atoms with E-state index in [2.05, 4.69) is 49.1 Å². The summed E-state index contributed by atoms with van der Waals surface area (Å²) in [5.41, 5.74) is 3.92. The number of benzene rings is 1. The summed E-state index contributed by atoms with van der Waals surface area (Å²) in [5.74, 6) is 0. The van der Waals surface area contributed by atoms with Crippen molar-refractivity contribution < 1.29 is 0 Å². The largest absolute Gasteiger partial charge is 0.380 e. The summed E-state index contributed by atoms with van der Waals surface area (Å²) in [6.45, 7) is 4.19. The van der Waals surface area contributed by atoms with Gasteiger partial charge in [-0.2, -0.15) is 0 Å². The van der Waals surface area contributed by atoms with Gasteiger partial charge in [0.05, 0.1) is 0 Å². The third kappa shape index (κ3) is 1.11. The molecule has 1 aliphatic rings. The first-order valence-corrected chi connectivity index (χ1v) is 4.31. The minimum absolute atomic E-state index is 1.06. The molecule has 1 radical (unpaired) electrons. The Morgan fingerprint density at radius 1 is 1.33 bits per heavy atom. The Labute approximate surface area is 73.1 Å². The molecule has 2 rings (SSSR count). The topological polar surface area (TPSA) is 12.0 Å². The van der Waals surface area contributed by atoms with E-state index >= 15 is 0 Å². The molecule has 0 bridgehead atoms. The van der Waals surface area contributed by atoms with Crippen LogP contribution in [0.25, 0.3) is 11.8 Å². The highest BCUT2D eigenvalue weighted by Crippen LogP contribution is 2.29. The van der Waals surface area contributed by atoms with Gasteiger partial charge in [0.1, 0.15) is 0 Å². The van der Waals surface area contributed by atoms with Crippen LogP contribution in [0.15, 0.2) is 24.3 Å². The van der Waals surface area contributed by atoms with Crippen molar-refractivity contribution in [2.75, 3.05) is 0 Å². The zero-order chi connectivity index (χ0) is 8.39. The molecule has 1 N–H and O–H groups in total. The highest BCUT2D eigenvalue weighted by Gasteiger charge is 2.13. The average molecular weight is 158 g/mol. The summed E-state index contributed by atoms with van der Waals surface area (Å²) in [5, 5.41) is 3.26. The molecule has 1 heteroatoms. The molecule has 1 aliphatic carbocycles. The second-order valence-corrected chi connectivity index (χ2v) is 2.90. The molecular weight excluding hydrogens is 146 g/mol. The average Bonchev–Trinajstić information content (AvgIpc) is 2.07. The van der Waals surface area contributed by atoms with Crippen LogP contribution in [-0.2, 0) is 0 Å². The van der Waals surface area contributed by atoms with Crippen LogP contribution in [-0.4, -0.2) is 0 Å². The first-order chi connectivity index (χ1) is 5.92. The van der Waals surface area contributed by atoms with Gasteiger partial charge in [-0.05, 0) is 18.1 Å². The molecular formula is C11H12N. The van der Waals surface area contributed by atoms with Gasteiger partial charge in [0.15, 0.2) is 0 Å². The highest BCUT2D eigenvalue weighted by molar-refractivity contribution is 5.94. The van der Waals surface area contributed by atoms with Crippen LogP contribution in [0.5, 0.6) is 0 Å². The Morgan fingerprint density at radius 2 is 2.17 bits per heavy atom. The Morgan fingerprint density at radius 3 is 2.92 bits per heavy atom. The fourth-order valence-corrected chi connectivity index (χ4v) is 1.36. The van der Waals surface area contributed by atoms with E-state index in [4.69, 9.17) is 0 Å². The van der Waals surface area contributed by atoms with Crippen LogP contribution >= 0.6 is 0 Å². The van der Waals surface area contributed by atoms with Crippen molar-refractivity contribution in [2.45, 2.75) is 13.3 Å². The second-order valence-electron chi connectivity index (χ2n) is 2.90. The minimum Gasteiger partial charge on any atom is -0.380 e. The van der Waals surface area contributed by atoms with E-state index in [0.717, 1.165) is 6.42 Å². The molecule has 1 aromatic rings. The molecule has 61 valence electrons. The summed E-state index contributed by atoms with van der Waals surface area (Å²) < 4.78 is 0.